The van der Waals surface area contributed by atoms with Crippen LogP contribution in [0.3, 0.4) is 0 Å². The minimum Gasteiger partial charge on any atom is -0.490 e. The second-order valence-electron chi connectivity index (χ2n) is 4.86. The predicted octanol–water partition coefficient (Wildman–Crippen LogP) is 4.12. The Labute approximate surface area is 142 Å². The Morgan fingerprint density at radius 3 is 2.77 bits per heavy atom. The summed E-state index contributed by atoms with van der Waals surface area (Å²) in [6.07, 6.45) is 1.41. The molecule has 0 saturated heterocycles. The van der Waals surface area contributed by atoms with E-state index in [2.05, 4.69) is 26.2 Å². The SMILES string of the molecule is CC(C)Oc1cc(NC(=O)c2cnc(N)c(Cl)c2)ccc1Br. The third-order valence-electron chi connectivity index (χ3n) is 2.68. The molecular weight excluding hydrogens is 370 g/mol. The standard InChI is InChI=1S/C15H15BrClN3O2/c1-8(2)22-13-6-10(3-4-11(13)16)20-15(21)9-5-12(17)14(18)19-7-9/h3-8H,1-2H3,(H2,18,19)(H,20,21). The minimum atomic E-state index is -0.327. The maximum atomic E-state index is 12.2. The van der Waals surface area contributed by atoms with Gasteiger partial charge in [-0.15, -0.1) is 0 Å². The fourth-order valence-corrected chi connectivity index (χ4v) is 2.21. The summed E-state index contributed by atoms with van der Waals surface area (Å²) in [5.41, 5.74) is 6.46. The van der Waals surface area contributed by atoms with Crippen molar-refractivity contribution in [3.05, 3.63) is 45.5 Å². The van der Waals surface area contributed by atoms with Gasteiger partial charge in [-0.3, -0.25) is 4.79 Å². The molecule has 0 spiro atoms. The molecule has 1 amide bonds. The number of pyridine rings is 1. The lowest BCUT2D eigenvalue weighted by Gasteiger charge is -2.13. The molecule has 5 nitrogen and oxygen atoms in total. The van der Waals surface area contributed by atoms with Gasteiger partial charge in [0.2, 0.25) is 0 Å². The van der Waals surface area contributed by atoms with E-state index >= 15 is 0 Å². The molecule has 0 aliphatic carbocycles. The molecule has 2 rings (SSSR count). The van der Waals surface area contributed by atoms with Crippen LogP contribution < -0.4 is 15.8 Å². The van der Waals surface area contributed by atoms with Crippen LogP contribution in [-0.4, -0.2) is 17.0 Å². The van der Waals surface area contributed by atoms with Crippen LogP contribution in [0.4, 0.5) is 11.5 Å². The van der Waals surface area contributed by atoms with Crippen molar-refractivity contribution in [1.82, 2.24) is 4.98 Å². The lowest BCUT2D eigenvalue weighted by atomic mass is 10.2. The van der Waals surface area contributed by atoms with Crippen molar-refractivity contribution in [2.24, 2.45) is 0 Å². The fourth-order valence-electron chi connectivity index (χ4n) is 1.70. The number of carbonyl (C=O) groups excluding carboxylic acids is 1. The number of nitrogen functional groups attached to an aromatic ring is 1. The Hall–Kier alpha value is -1.79. The third-order valence-corrected chi connectivity index (χ3v) is 3.64. The van der Waals surface area contributed by atoms with Crippen molar-refractivity contribution < 1.29 is 9.53 Å². The largest absolute Gasteiger partial charge is 0.490 e. The zero-order valence-electron chi connectivity index (χ0n) is 12.1. The van der Waals surface area contributed by atoms with E-state index < -0.39 is 0 Å². The van der Waals surface area contributed by atoms with Gasteiger partial charge in [-0.25, -0.2) is 4.98 Å². The van der Waals surface area contributed by atoms with E-state index in [0.717, 1.165) is 4.47 Å². The Morgan fingerprint density at radius 2 is 2.14 bits per heavy atom. The molecule has 0 aliphatic rings. The molecule has 116 valence electrons. The first kappa shape index (κ1) is 16.6. The summed E-state index contributed by atoms with van der Waals surface area (Å²) >= 11 is 9.28. The number of nitrogens with two attached hydrogens (primary N) is 1. The van der Waals surface area contributed by atoms with Gasteiger partial charge in [-0.05, 0) is 48.0 Å². The van der Waals surface area contributed by atoms with E-state index in [1.165, 1.54) is 12.3 Å². The van der Waals surface area contributed by atoms with E-state index in [9.17, 15) is 4.79 Å². The average molecular weight is 385 g/mol. The zero-order valence-corrected chi connectivity index (χ0v) is 14.4. The summed E-state index contributed by atoms with van der Waals surface area (Å²) in [6, 6.07) is 6.79. The van der Waals surface area contributed by atoms with Gasteiger partial charge in [0.05, 0.1) is 21.2 Å². The molecule has 1 heterocycles. The smallest absolute Gasteiger partial charge is 0.257 e. The first-order valence-electron chi connectivity index (χ1n) is 6.55. The van der Waals surface area contributed by atoms with Gasteiger partial charge in [0.1, 0.15) is 11.6 Å². The lowest BCUT2D eigenvalue weighted by molar-refractivity contribution is 0.102. The molecule has 7 heteroatoms. The highest BCUT2D eigenvalue weighted by Gasteiger charge is 2.11. The van der Waals surface area contributed by atoms with Crippen molar-refractivity contribution in [2.75, 3.05) is 11.1 Å². The number of hydrogen-bond acceptors (Lipinski definition) is 4. The number of hydrogen-bond donors (Lipinski definition) is 2. The van der Waals surface area contributed by atoms with Gasteiger partial charge in [0, 0.05) is 18.0 Å². The fraction of sp³-hybridized carbons (Fsp3) is 0.200. The lowest BCUT2D eigenvalue weighted by Crippen LogP contribution is -2.13. The maximum Gasteiger partial charge on any atom is 0.257 e. The summed E-state index contributed by atoms with van der Waals surface area (Å²) in [4.78, 5) is 16.1. The summed E-state index contributed by atoms with van der Waals surface area (Å²) in [5, 5.41) is 3.01. The van der Waals surface area contributed by atoms with Gasteiger partial charge in [0.15, 0.2) is 0 Å². The van der Waals surface area contributed by atoms with Gasteiger partial charge < -0.3 is 15.8 Å². The van der Waals surface area contributed by atoms with Crippen LogP contribution in [-0.2, 0) is 0 Å². The topological polar surface area (TPSA) is 77.2 Å². The van der Waals surface area contributed by atoms with E-state index in [-0.39, 0.29) is 22.9 Å². The molecule has 0 saturated carbocycles. The Balaban J connectivity index is 2.19. The normalized spacial score (nSPS) is 10.6. The van der Waals surface area contributed by atoms with Crippen LogP contribution in [0.2, 0.25) is 5.02 Å². The van der Waals surface area contributed by atoms with Gasteiger partial charge >= 0.3 is 0 Å². The first-order chi connectivity index (χ1) is 10.4. The molecule has 0 aliphatic heterocycles. The van der Waals surface area contributed by atoms with E-state index in [0.29, 0.717) is 17.0 Å². The zero-order chi connectivity index (χ0) is 16.3. The summed E-state index contributed by atoms with van der Waals surface area (Å²) in [7, 11) is 0. The average Bonchev–Trinajstić information content (AvgIpc) is 2.45. The number of anilines is 2. The second kappa shape index (κ2) is 6.98. The van der Waals surface area contributed by atoms with Crippen molar-refractivity contribution in [2.45, 2.75) is 20.0 Å². The van der Waals surface area contributed by atoms with Crippen molar-refractivity contribution >= 4 is 44.9 Å². The molecule has 22 heavy (non-hydrogen) atoms. The highest BCUT2D eigenvalue weighted by molar-refractivity contribution is 9.10. The molecule has 0 unspecified atom stereocenters. The van der Waals surface area contributed by atoms with E-state index in [1.54, 1.807) is 12.1 Å². The van der Waals surface area contributed by atoms with E-state index in [4.69, 9.17) is 22.1 Å². The van der Waals surface area contributed by atoms with Crippen LogP contribution in [0.5, 0.6) is 5.75 Å². The summed E-state index contributed by atoms with van der Waals surface area (Å²) in [5.74, 6) is 0.517. The van der Waals surface area contributed by atoms with Gasteiger partial charge in [-0.1, -0.05) is 11.6 Å². The quantitative estimate of drug-likeness (QED) is 0.831. The number of amides is 1. The highest BCUT2D eigenvalue weighted by atomic mass is 79.9. The van der Waals surface area contributed by atoms with Crippen molar-refractivity contribution in [3.63, 3.8) is 0 Å². The number of nitrogens with zero attached hydrogens (tertiary/aromatic N) is 1. The van der Waals surface area contributed by atoms with Crippen LogP contribution in [0.25, 0.3) is 0 Å². The Bertz CT molecular complexity index is 707. The van der Waals surface area contributed by atoms with E-state index in [1.807, 2.05) is 19.9 Å². The molecular formula is C15H15BrClN3O2. The van der Waals surface area contributed by atoms with Crippen LogP contribution in [0, 0.1) is 0 Å². The van der Waals surface area contributed by atoms with Crippen molar-refractivity contribution in [1.29, 1.82) is 0 Å². The molecule has 3 N–H and O–H groups in total. The van der Waals surface area contributed by atoms with Crippen LogP contribution in [0.15, 0.2) is 34.9 Å². The number of ether oxygens (including phenoxy) is 1. The molecule has 0 radical (unpaired) electrons. The minimum absolute atomic E-state index is 0.0300. The number of rotatable bonds is 4. The van der Waals surface area contributed by atoms with Crippen LogP contribution in [0.1, 0.15) is 24.2 Å². The molecule has 0 fully saturated rings. The number of halogens is 2. The molecule has 1 aromatic heterocycles. The molecule has 2 aromatic rings. The molecule has 0 atom stereocenters. The molecule has 0 bridgehead atoms. The van der Waals surface area contributed by atoms with Gasteiger partial charge in [-0.2, -0.15) is 0 Å². The summed E-state index contributed by atoms with van der Waals surface area (Å²) < 4.78 is 6.48. The monoisotopic (exact) mass is 383 g/mol. The molecule has 1 aromatic carbocycles. The number of carbonyl (C=O) groups is 1. The number of aromatic nitrogens is 1. The first-order valence-corrected chi connectivity index (χ1v) is 7.72. The highest BCUT2D eigenvalue weighted by Crippen LogP contribution is 2.29. The third kappa shape index (κ3) is 4.11. The number of benzene rings is 1. The predicted molar refractivity (Wildman–Crippen MR) is 91.5 cm³/mol. The maximum absolute atomic E-state index is 12.2. The van der Waals surface area contributed by atoms with Crippen LogP contribution >= 0.6 is 27.5 Å². The summed E-state index contributed by atoms with van der Waals surface area (Å²) in [6.45, 7) is 3.86. The van der Waals surface area contributed by atoms with Gasteiger partial charge in [0.25, 0.3) is 5.91 Å². The second-order valence-corrected chi connectivity index (χ2v) is 6.12. The number of nitrogens with one attached hydrogen (secondary N) is 1. The Morgan fingerprint density at radius 1 is 1.41 bits per heavy atom. The Kier molecular flexibility index (Phi) is 5.26. The van der Waals surface area contributed by atoms with Crippen molar-refractivity contribution in [3.8, 4) is 5.75 Å².